The Morgan fingerprint density at radius 3 is 2.75 bits per heavy atom. The van der Waals surface area contributed by atoms with Crippen LogP contribution in [-0.4, -0.2) is 9.60 Å². The standard InChI is InChI=1S/C17H14BrF3N2O/c1-10-9-22-14(15-8-16(18)23-24-15)7-12(10)5-11-3-2-4-13(6-11)17(19,20)21/h2-4,6-7,9,15H,5,8H2,1H3/t15-/m1/s1. The predicted molar refractivity (Wildman–Crippen MR) is 88.0 cm³/mol. The number of aryl methyl sites for hydroxylation is 1. The highest BCUT2D eigenvalue weighted by molar-refractivity contribution is 9.18. The Kier molecular flexibility index (Phi) is 4.62. The Bertz CT molecular complexity index is 790. The van der Waals surface area contributed by atoms with Gasteiger partial charge in [-0.15, -0.1) is 0 Å². The van der Waals surface area contributed by atoms with E-state index in [1.165, 1.54) is 12.1 Å². The summed E-state index contributed by atoms with van der Waals surface area (Å²) >= 11 is 3.28. The van der Waals surface area contributed by atoms with Crippen LogP contribution in [0.25, 0.3) is 0 Å². The molecule has 0 bridgehead atoms. The van der Waals surface area contributed by atoms with Crippen molar-refractivity contribution < 1.29 is 18.0 Å². The van der Waals surface area contributed by atoms with Gasteiger partial charge in [0.05, 0.1) is 11.3 Å². The van der Waals surface area contributed by atoms with Crippen molar-refractivity contribution in [3.63, 3.8) is 0 Å². The van der Waals surface area contributed by atoms with E-state index in [1.54, 1.807) is 12.3 Å². The summed E-state index contributed by atoms with van der Waals surface area (Å²) in [4.78, 5) is 9.64. The molecule has 1 aliphatic heterocycles. The Morgan fingerprint density at radius 2 is 2.08 bits per heavy atom. The zero-order valence-corrected chi connectivity index (χ0v) is 14.4. The minimum Gasteiger partial charge on any atom is -0.385 e. The molecule has 0 spiro atoms. The maximum Gasteiger partial charge on any atom is 0.416 e. The van der Waals surface area contributed by atoms with Gasteiger partial charge in [0.2, 0.25) is 0 Å². The van der Waals surface area contributed by atoms with Crippen LogP contribution < -0.4 is 0 Å². The number of halogens is 4. The van der Waals surface area contributed by atoms with Crippen molar-refractivity contribution in [3.8, 4) is 0 Å². The molecule has 0 N–H and O–H groups in total. The zero-order chi connectivity index (χ0) is 17.3. The van der Waals surface area contributed by atoms with Crippen LogP contribution in [-0.2, 0) is 17.4 Å². The summed E-state index contributed by atoms with van der Waals surface area (Å²) in [6, 6.07) is 7.27. The number of hydrogen-bond acceptors (Lipinski definition) is 3. The molecule has 1 aromatic carbocycles. The lowest BCUT2D eigenvalue weighted by Gasteiger charge is -2.13. The van der Waals surface area contributed by atoms with Gasteiger partial charge in [-0.3, -0.25) is 4.98 Å². The quantitative estimate of drug-likeness (QED) is 0.714. The molecule has 126 valence electrons. The van der Waals surface area contributed by atoms with E-state index < -0.39 is 11.7 Å². The lowest BCUT2D eigenvalue weighted by atomic mass is 9.98. The highest BCUT2D eigenvalue weighted by atomic mass is 79.9. The molecule has 7 heteroatoms. The van der Waals surface area contributed by atoms with Crippen molar-refractivity contribution in [1.29, 1.82) is 0 Å². The van der Waals surface area contributed by atoms with E-state index in [9.17, 15) is 13.2 Å². The molecule has 3 rings (SSSR count). The summed E-state index contributed by atoms with van der Waals surface area (Å²) in [5.74, 6) is 0. The Morgan fingerprint density at radius 1 is 1.29 bits per heavy atom. The lowest BCUT2D eigenvalue weighted by molar-refractivity contribution is -0.137. The fourth-order valence-electron chi connectivity index (χ4n) is 2.53. The van der Waals surface area contributed by atoms with Crippen LogP contribution in [0.4, 0.5) is 13.2 Å². The molecule has 0 fully saturated rings. The van der Waals surface area contributed by atoms with Gasteiger partial charge in [-0.2, -0.15) is 13.2 Å². The van der Waals surface area contributed by atoms with Gasteiger partial charge in [-0.05, 0) is 58.1 Å². The molecule has 2 aromatic rings. The van der Waals surface area contributed by atoms with Gasteiger partial charge in [0, 0.05) is 12.6 Å². The van der Waals surface area contributed by atoms with Gasteiger partial charge in [0.25, 0.3) is 0 Å². The molecule has 0 radical (unpaired) electrons. The van der Waals surface area contributed by atoms with E-state index in [2.05, 4.69) is 26.1 Å². The Labute approximate surface area is 145 Å². The first kappa shape index (κ1) is 17.0. The highest BCUT2D eigenvalue weighted by Crippen LogP contribution is 2.31. The van der Waals surface area contributed by atoms with E-state index in [0.29, 0.717) is 23.0 Å². The second-order valence-electron chi connectivity index (χ2n) is 5.68. The molecule has 0 saturated carbocycles. The van der Waals surface area contributed by atoms with E-state index in [-0.39, 0.29) is 6.10 Å². The monoisotopic (exact) mass is 398 g/mol. The van der Waals surface area contributed by atoms with Gasteiger partial charge in [-0.1, -0.05) is 23.4 Å². The molecule has 0 aliphatic carbocycles. The van der Waals surface area contributed by atoms with Gasteiger partial charge < -0.3 is 4.84 Å². The molecular weight excluding hydrogens is 385 g/mol. The van der Waals surface area contributed by atoms with E-state index in [1.807, 2.05) is 13.0 Å². The number of rotatable bonds is 3. The SMILES string of the molecule is Cc1cnc([C@H]2CC(Br)=NO2)cc1Cc1cccc(C(F)(F)F)c1. The summed E-state index contributed by atoms with van der Waals surface area (Å²) in [5.41, 5.74) is 2.54. The van der Waals surface area contributed by atoms with Crippen molar-refractivity contribution in [2.24, 2.45) is 5.16 Å². The Hall–Kier alpha value is -1.89. The second kappa shape index (κ2) is 6.55. The smallest absolute Gasteiger partial charge is 0.385 e. The van der Waals surface area contributed by atoms with Crippen LogP contribution >= 0.6 is 15.9 Å². The maximum atomic E-state index is 12.8. The fraction of sp³-hybridized carbons (Fsp3) is 0.294. The van der Waals surface area contributed by atoms with Crippen molar-refractivity contribution in [1.82, 2.24) is 4.98 Å². The molecule has 2 heterocycles. The summed E-state index contributed by atoms with van der Waals surface area (Å²) in [6.45, 7) is 1.89. The third-order valence-corrected chi connectivity index (χ3v) is 4.32. The topological polar surface area (TPSA) is 34.5 Å². The summed E-state index contributed by atoms with van der Waals surface area (Å²) in [6.07, 6.45) is -1.89. The minimum atomic E-state index is -4.34. The van der Waals surface area contributed by atoms with Crippen LogP contribution in [0.2, 0.25) is 0 Å². The first-order valence-corrected chi connectivity index (χ1v) is 8.12. The molecule has 1 aromatic heterocycles. The molecule has 1 aliphatic rings. The second-order valence-corrected chi connectivity index (χ2v) is 6.59. The van der Waals surface area contributed by atoms with Crippen molar-refractivity contribution in [2.75, 3.05) is 0 Å². The van der Waals surface area contributed by atoms with Crippen molar-refractivity contribution in [2.45, 2.75) is 32.0 Å². The third-order valence-electron chi connectivity index (χ3n) is 3.85. The van der Waals surface area contributed by atoms with Crippen molar-refractivity contribution >= 4 is 20.6 Å². The largest absolute Gasteiger partial charge is 0.416 e. The average Bonchev–Trinajstić information content (AvgIpc) is 2.95. The zero-order valence-electron chi connectivity index (χ0n) is 12.8. The normalized spacial score (nSPS) is 17.5. The van der Waals surface area contributed by atoms with Gasteiger partial charge in [0.15, 0.2) is 6.10 Å². The first-order chi connectivity index (χ1) is 11.3. The number of nitrogens with zero attached hydrogens (tertiary/aromatic N) is 2. The highest BCUT2D eigenvalue weighted by Gasteiger charge is 2.30. The maximum absolute atomic E-state index is 12.8. The minimum absolute atomic E-state index is 0.264. The van der Waals surface area contributed by atoms with Crippen LogP contribution in [0.5, 0.6) is 0 Å². The molecule has 1 atom stereocenters. The summed E-state index contributed by atoms with van der Waals surface area (Å²) in [7, 11) is 0. The van der Waals surface area contributed by atoms with Crippen LogP contribution in [0.3, 0.4) is 0 Å². The number of benzene rings is 1. The molecule has 24 heavy (non-hydrogen) atoms. The number of hydrogen-bond donors (Lipinski definition) is 0. The summed E-state index contributed by atoms with van der Waals surface area (Å²) < 4.78 is 39.3. The Balaban J connectivity index is 1.85. The van der Waals surface area contributed by atoms with E-state index in [4.69, 9.17) is 4.84 Å². The van der Waals surface area contributed by atoms with Gasteiger partial charge in [0.1, 0.15) is 4.62 Å². The van der Waals surface area contributed by atoms with Crippen LogP contribution in [0, 0.1) is 6.92 Å². The van der Waals surface area contributed by atoms with Crippen LogP contribution in [0.1, 0.15) is 40.5 Å². The third kappa shape index (κ3) is 3.77. The summed E-state index contributed by atoms with van der Waals surface area (Å²) in [5, 5.41) is 3.84. The van der Waals surface area contributed by atoms with E-state index >= 15 is 0 Å². The molecule has 0 unspecified atom stereocenters. The van der Waals surface area contributed by atoms with Crippen LogP contribution in [0.15, 0.2) is 41.7 Å². The van der Waals surface area contributed by atoms with Gasteiger partial charge >= 0.3 is 6.18 Å². The first-order valence-electron chi connectivity index (χ1n) is 7.32. The number of alkyl halides is 3. The fourth-order valence-corrected chi connectivity index (χ4v) is 2.91. The predicted octanol–water partition coefficient (Wildman–Crippen LogP) is 5.17. The number of pyridine rings is 1. The van der Waals surface area contributed by atoms with Gasteiger partial charge in [-0.25, -0.2) is 0 Å². The molecule has 0 amide bonds. The molecule has 0 saturated heterocycles. The molecule has 3 nitrogen and oxygen atoms in total. The average molecular weight is 399 g/mol. The van der Waals surface area contributed by atoms with Crippen molar-refractivity contribution in [3.05, 3.63) is 64.5 Å². The number of aromatic nitrogens is 1. The molecular formula is C17H14BrF3N2O. The lowest BCUT2D eigenvalue weighted by Crippen LogP contribution is -2.06. The number of oxime groups is 1. The van der Waals surface area contributed by atoms with E-state index in [0.717, 1.165) is 22.9 Å².